The van der Waals surface area contributed by atoms with Crippen molar-refractivity contribution >= 4 is 5.97 Å². The Bertz CT molecular complexity index is 1140. The first kappa shape index (κ1) is 25.1. The summed E-state index contributed by atoms with van der Waals surface area (Å²) in [7, 11) is 0. The van der Waals surface area contributed by atoms with E-state index in [1.807, 2.05) is 48.0 Å². The molecule has 0 bridgehead atoms. The lowest BCUT2D eigenvalue weighted by molar-refractivity contribution is -0.142. The number of aliphatic hydroxyl groups is 1. The summed E-state index contributed by atoms with van der Waals surface area (Å²) in [6, 6.07) is 15.1. The van der Waals surface area contributed by atoms with Gasteiger partial charge >= 0.3 is 5.97 Å². The van der Waals surface area contributed by atoms with Crippen LogP contribution in [0.5, 0.6) is 0 Å². The molecule has 186 valence electrons. The van der Waals surface area contributed by atoms with Gasteiger partial charge in [0.25, 0.3) is 0 Å². The Labute approximate surface area is 205 Å². The molecule has 1 heterocycles. The first-order valence-corrected chi connectivity index (χ1v) is 12.3. The minimum absolute atomic E-state index is 0.0188. The fraction of sp³-hybridized carbons (Fsp3) is 0.429. The highest BCUT2D eigenvalue weighted by Gasteiger charge is 2.26. The van der Waals surface area contributed by atoms with E-state index < -0.39 is 5.97 Å². The van der Waals surface area contributed by atoms with Gasteiger partial charge in [-0.25, -0.2) is 9.18 Å². The summed E-state index contributed by atoms with van der Waals surface area (Å²) in [5.41, 5.74) is 4.67. The van der Waals surface area contributed by atoms with Crippen molar-refractivity contribution < 1.29 is 24.1 Å². The van der Waals surface area contributed by atoms with E-state index in [2.05, 4.69) is 0 Å². The Morgan fingerprint density at radius 3 is 2.49 bits per heavy atom. The normalized spacial score (nSPS) is 18.0. The number of nitrogens with zero attached hydrogens (tertiary/aromatic N) is 2. The van der Waals surface area contributed by atoms with Crippen molar-refractivity contribution in [2.45, 2.75) is 45.6 Å². The van der Waals surface area contributed by atoms with Crippen molar-refractivity contribution in [1.82, 2.24) is 9.78 Å². The van der Waals surface area contributed by atoms with Crippen molar-refractivity contribution in [3.63, 3.8) is 0 Å². The van der Waals surface area contributed by atoms with Crippen LogP contribution in [-0.4, -0.2) is 45.8 Å². The summed E-state index contributed by atoms with van der Waals surface area (Å²) < 4.78 is 22.3. The van der Waals surface area contributed by atoms with E-state index in [9.17, 15) is 9.90 Å². The van der Waals surface area contributed by atoms with Gasteiger partial charge in [0.1, 0.15) is 18.1 Å². The minimum Gasteiger partial charge on any atom is -0.480 e. The first-order valence-electron chi connectivity index (χ1n) is 12.3. The second-order valence-electron chi connectivity index (χ2n) is 9.47. The molecule has 0 atom stereocenters. The Hall–Kier alpha value is -3.03. The maximum absolute atomic E-state index is 15.1. The Morgan fingerprint density at radius 1 is 1.11 bits per heavy atom. The molecule has 2 N–H and O–H groups in total. The summed E-state index contributed by atoms with van der Waals surface area (Å²) >= 11 is 0. The van der Waals surface area contributed by atoms with Gasteiger partial charge in [-0.1, -0.05) is 36.4 Å². The highest BCUT2D eigenvalue weighted by Crippen LogP contribution is 2.38. The van der Waals surface area contributed by atoms with Gasteiger partial charge in [0.05, 0.1) is 6.61 Å². The third-order valence-corrected chi connectivity index (χ3v) is 6.82. The average Bonchev–Trinajstić information content (AvgIpc) is 3.18. The van der Waals surface area contributed by atoms with Crippen LogP contribution in [0.2, 0.25) is 0 Å². The molecule has 0 radical (unpaired) electrons. The van der Waals surface area contributed by atoms with Crippen LogP contribution in [-0.2, 0) is 22.5 Å². The van der Waals surface area contributed by atoms with Gasteiger partial charge in [-0.3, -0.25) is 4.68 Å². The van der Waals surface area contributed by atoms with Crippen LogP contribution in [0.1, 0.15) is 36.9 Å². The van der Waals surface area contributed by atoms with Crippen LogP contribution in [0.25, 0.3) is 22.4 Å². The number of carboxylic acids is 1. The van der Waals surface area contributed by atoms with Crippen LogP contribution in [0.4, 0.5) is 4.39 Å². The summed E-state index contributed by atoms with van der Waals surface area (Å²) in [5, 5.41) is 23.6. The Morgan fingerprint density at radius 2 is 1.83 bits per heavy atom. The molecule has 0 amide bonds. The molecule has 1 aromatic heterocycles. The van der Waals surface area contributed by atoms with Crippen molar-refractivity contribution in [1.29, 1.82) is 0 Å². The predicted octanol–water partition coefficient (Wildman–Crippen LogP) is 5.11. The first-order chi connectivity index (χ1) is 17.0. The van der Waals surface area contributed by atoms with Gasteiger partial charge in [-0.2, -0.15) is 5.10 Å². The lowest BCUT2D eigenvalue weighted by Crippen LogP contribution is -2.24. The number of rotatable bonds is 10. The van der Waals surface area contributed by atoms with E-state index in [0.29, 0.717) is 42.7 Å². The van der Waals surface area contributed by atoms with Gasteiger partial charge in [-0.15, -0.1) is 0 Å². The Kier molecular flexibility index (Phi) is 8.31. The monoisotopic (exact) mass is 480 g/mol. The predicted molar refractivity (Wildman–Crippen MR) is 132 cm³/mol. The Balaban J connectivity index is 1.61. The smallest absolute Gasteiger partial charge is 0.329 e. The molecule has 6 nitrogen and oxygen atoms in total. The molecule has 0 aliphatic heterocycles. The molecule has 2 aromatic carbocycles. The molecule has 35 heavy (non-hydrogen) atoms. The van der Waals surface area contributed by atoms with E-state index in [1.165, 1.54) is 6.07 Å². The number of aryl methyl sites for hydroxylation is 1. The molecular formula is C28H33FN2O4. The number of halogens is 1. The molecule has 0 unspecified atom stereocenters. The van der Waals surface area contributed by atoms with Crippen LogP contribution >= 0.6 is 0 Å². The van der Waals surface area contributed by atoms with Gasteiger partial charge in [-0.05, 0) is 67.7 Å². The van der Waals surface area contributed by atoms with Crippen molar-refractivity contribution in [3.05, 3.63) is 65.6 Å². The summed E-state index contributed by atoms with van der Waals surface area (Å²) in [6.07, 6.45) is 4.38. The van der Waals surface area contributed by atoms with Crippen LogP contribution < -0.4 is 0 Å². The highest BCUT2D eigenvalue weighted by molar-refractivity contribution is 5.83. The number of aromatic nitrogens is 2. The minimum atomic E-state index is -0.941. The van der Waals surface area contributed by atoms with Crippen molar-refractivity contribution in [2.75, 3.05) is 19.8 Å². The van der Waals surface area contributed by atoms with Gasteiger partial charge in [0.2, 0.25) is 0 Å². The molecular weight excluding hydrogens is 447 g/mol. The van der Waals surface area contributed by atoms with Gasteiger partial charge < -0.3 is 14.9 Å². The van der Waals surface area contributed by atoms with Gasteiger partial charge in [0, 0.05) is 36.4 Å². The van der Waals surface area contributed by atoms with Crippen molar-refractivity contribution in [3.8, 4) is 22.4 Å². The lowest BCUT2D eigenvalue weighted by Gasteiger charge is -2.28. The molecule has 4 rings (SSSR count). The van der Waals surface area contributed by atoms with E-state index in [-0.39, 0.29) is 19.0 Å². The molecule has 7 heteroatoms. The molecule has 0 spiro atoms. The number of hydrogen-bond acceptors (Lipinski definition) is 4. The molecule has 1 fully saturated rings. The standard InChI is InChI=1S/C28H33FN2O4/c1-19-7-12-23(24(29)15-19)28-27(22-5-3-2-4-6-22)25(13-14-32)31(30-28)16-20-8-10-21(11-9-20)17-35-18-26(33)34/h2-7,12,15,20-21,32H,8-11,13-14,16-18H2,1H3,(H,33,34)/t20-,21-. The number of aliphatic carboxylic acids is 1. The number of ether oxygens (including phenoxy) is 1. The number of aliphatic hydroxyl groups excluding tert-OH is 1. The SMILES string of the molecule is Cc1ccc(-c2nn(C[C@H]3CC[C@H](COCC(=O)O)CC3)c(CCO)c2-c2ccccc2)c(F)c1. The second-order valence-corrected chi connectivity index (χ2v) is 9.47. The maximum atomic E-state index is 15.1. The largest absolute Gasteiger partial charge is 0.480 e. The zero-order valence-corrected chi connectivity index (χ0v) is 20.1. The number of carboxylic acid groups (broad SMARTS) is 1. The third-order valence-electron chi connectivity index (χ3n) is 6.82. The summed E-state index contributed by atoms with van der Waals surface area (Å²) in [4.78, 5) is 10.7. The maximum Gasteiger partial charge on any atom is 0.329 e. The zero-order valence-electron chi connectivity index (χ0n) is 20.1. The van der Waals surface area contributed by atoms with Gasteiger partial charge in [0.15, 0.2) is 0 Å². The number of carbonyl (C=O) groups is 1. The van der Waals surface area contributed by atoms with E-state index in [1.54, 1.807) is 6.07 Å². The number of hydrogen-bond donors (Lipinski definition) is 2. The summed E-state index contributed by atoms with van der Waals surface area (Å²) in [6.45, 7) is 2.77. The lowest BCUT2D eigenvalue weighted by atomic mass is 9.82. The number of benzene rings is 2. The topological polar surface area (TPSA) is 84.6 Å². The van der Waals surface area contributed by atoms with Crippen LogP contribution in [0.15, 0.2) is 48.5 Å². The molecule has 0 saturated heterocycles. The van der Waals surface area contributed by atoms with Crippen LogP contribution in [0, 0.1) is 24.6 Å². The van der Waals surface area contributed by atoms with Crippen molar-refractivity contribution in [2.24, 2.45) is 11.8 Å². The van der Waals surface area contributed by atoms with E-state index in [0.717, 1.165) is 48.1 Å². The third kappa shape index (κ3) is 6.16. The van der Waals surface area contributed by atoms with E-state index in [4.69, 9.17) is 14.9 Å². The molecule has 3 aromatic rings. The highest BCUT2D eigenvalue weighted by atomic mass is 19.1. The zero-order chi connectivity index (χ0) is 24.8. The quantitative estimate of drug-likeness (QED) is 0.421. The second kappa shape index (κ2) is 11.6. The average molecular weight is 481 g/mol. The fourth-order valence-electron chi connectivity index (χ4n) is 5.05. The van der Waals surface area contributed by atoms with E-state index >= 15 is 4.39 Å². The molecule has 1 aliphatic rings. The molecule has 1 aliphatic carbocycles. The van der Waals surface area contributed by atoms with Crippen LogP contribution in [0.3, 0.4) is 0 Å². The summed E-state index contributed by atoms with van der Waals surface area (Å²) in [5.74, 6) is -0.465. The molecule has 1 saturated carbocycles. The fourth-order valence-corrected chi connectivity index (χ4v) is 5.05.